The molecule has 1 heterocycles. The van der Waals surface area contributed by atoms with Crippen molar-refractivity contribution in [2.45, 2.75) is 25.3 Å². The van der Waals surface area contributed by atoms with Crippen LogP contribution in [0, 0.1) is 0 Å². The summed E-state index contributed by atoms with van der Waals surface area (Å²) in [6.07, 6.45) is 3.64. The molecule has 1 saturated heterocycles. The van der Waals surface area contributed by atoms with Crippen LogP contribution in [0.1, 0.15) is 29.6 Å². The lowest BCUT2D eigenvalue weighted by molar-refractivity contribution is 0.0698. The summed E-state index contributed by atoms with van der Waals surface area (Å²) in [5.74, 6) is -0.952. The SMILES string of the molecule is CN1CCCCC1CNc1ccc(N)cc1C(=O)O. The maximum atomic E-state index is 11.2. The number of likely N-dealkylation sites (N-methyl/N-ethyl adjacent to an activating group) is 1. The van der Waals surface area contributed by atoms with Gasteiger partial charge in [-0.1, -0.05) is 6.42 Å². The first-order chi connectivity index (χ1) is 9.08. The van der Waals surface area contributed by atoms with E-state index in [0.29, 0.717) is 17.4 Å². The molecule has 1 aromatic rings. The lowest BCUT2D eigenvalue weighted by Crippen LogP contribution is -2.40. The Morgan fingerprint density at radius 2 is 2.32 bits per heavy atom. The number of carboxylic acids is 1. The molecular weight excluding hydrogens is 242 g/mol. The smallest absolute Gasteiger partial charge is 0.337 e. The highest BCUT2D eigenvalue weighted by Gasteiger charge is 2.19. The van der Waals surface area contributed by atoms with Gasteiger partial charge in [0, 0.05) is 24.0 Å². The molecule has 0 saturated carbocycles. The first kappa shape index (κ1) is 13.7. The number of nitrogen functional groups attached to an aromatic ring is 1. The van der Waals surface area contributed by atoms with Crippen LogP contribution in [0.15, 0.2) is 18.2 Å². The Labute approximate surface area is 113 Å². The van der Waals surface area contributed by atoms with Gasteiger partial charge in [0.1, 0.15) is 0 Å². The third-order valence-electron chi connectivity index (χ3n) is 3.72. The zero-order valence-corrected chi connectivity index (χ0v) is 11.2. The molecule has 1 aliphatic rings. The van der Waals surface area contributed by atoms with E-state index in [2.05, 4.69) is 17.3 Å². The van der Waals surface area contributed by atoms with Crippen molar-refractivity contribution >= 4 is 17.3 Å². The molecule has 1 aromatic carbocycles. The van der Waals surface area contributed by atoms with E-state index >= 15 is 0 Å². The third kappa shape index (κ3) is 3.38. The van der Waals surface area contributed by atoms with Crippen LogP contribution >= 0.6 is 0 Å². The second kappa shape index (κ2) is 5.93. The van der Waals surface area contributed by atoms with Crippen LogP contribution in [0.25, 0.3) is 0 Å². The number of nitrogens with one attached hydrogen (secondary N) is 1. The minimum atomic E-state index is -0.952. The largest absolute Gasteiger partial charge is 0.478 e. The van der Waals surface area contributed by atoms with E-state index in [9.17, 15) is 9.90 Å². The Kier molecular flexibility index (Phi) is 4.27. The minimum absolute atomic E-state index is 0.235. The van der Waals surface area contributed by atoms with Gasteiger partial charge in [-0.15, -0.1) is 0 Å². The Morgan fingerprint density at radius 3 is 3.00 bits per heavy atom. The zero-order valence-electron chi connectivity index (χ0n) is 11.2. The van der Waals surface area contributed by atoms with Gasteiger partial charge in [-0.2, -0.15) is 0 Å². The average Bonchev–Trinajstić information content (AvgIpc) is 2.38. The Balaban J connectivity index is 2.04. The maximum Gasteiger partial charge on any atom is 0.337 e. The van der Waals surface area contributed by atoms with Gasteiger partial charge >= 0.3 is 5.97 Å². The van der Waals surface area contributed by atoms with E-state index in [4.69, 9.17) is 5.73 Å². The van der Waals surface area contributed by atoms with Crippen LogP contribution in [0.2, 0.25) is 0 Å². The van der Waals surface area contributed by atoms with Gasteiger partial charge in [0.25, 0.3) is 0 Å². The number of hydrogen-bond donors (Lipinski definition) is 3. The first-order valence-electron chi connectivity index (χ1n) is 6.65. The number of nitrogens with zero attached hydrogens (tertiary/aromatic N) is 1. The number of piperidine rings is 1. The van der Waals surface area contributed by atoms with E-state index in [1.54, 1.807) is 12.1 Å². The van der Waals surface area contributed by atoms with Crippen molar-refractivity contribution in [2.75, 3.05) is 31.2 Å². The number of aromatic carboxylic acids is 1. The Morgan fingerprint density at radius 1 is 1.53 bits per heavy atom. The molecule has 2 rings (SSSR count). The number of hydrogen-bond acceptors (Lipinski definition) is 4. The number of carboxylic acid groups (broad SMARTS) is 1. The molecule has 1 fully saturated rings. The standard InChI is InChI=1S/C14H21N3O2/c1-17-7-3-2-4-11(17)9-16-13-6-5-10(15)8-12(13)14(18)19/h5-6,8,11,16H,2-4,7,9,15H2,1H3,(H,18,19). The Hall–Kier alpha value is -1.75. The predicted molar refractivity (Wildman–Crippen MR) is 76.6 cm³/mol. The number of anilines is 2. The van der Waals surface area contributed by atoms with Gasteiger partial charge in [0.2, 0.25) is 0 Å². The van der Waals surface area contributed by atoms with Crippen molar-refractivity contribution < 1.29 is 9.90 Å². The molecule has 0 radical (unpaired) electrons. The number of rotatable bonds is 4. The van der Waals surface area contributed by atoms with Crippen molar-refractivity contribution in [1.82, 2.24) is 4.90 Å². The Bertz CT molecular complexity index is 462. The summed E-state index contributed by atoms with van der Waals surface area (Å²) in [5.41, 5.74) is 6.97. The summed E-state index contributed by atoms with van der Waals surface area (Å²) in [5, 5.41) is 12.4. The molecule has 1 aliphatic heterocycles. The highest BCUT2D eigenvalue weighted by Crippen LogP contribution is 2.21. The molecular formula is C14H21N3O2. The summed E-state index contributed by atoms with van der Waals surface area (Å²) >= 11 is 0. The highest BCUT2D eigenvalue weighted by molar-refractivity contribution is 5.95. The summed E-state index contributed by atoms with van der Waals surface area (Å²) in [4.78, 5) is 13.5. The van der Waals surface area contributed by atoms with Gasteiger partial charge in [0.15, 0.2) is 0 Å². The fourth-order valence-corrected chi connectivity index (χ4v) is 2.52. The van der Waals surface area contributed by atoms with Crippen LogP contribution in [0.3, 0.4) is 0 Å². The quantitative estimate of drug-likeness (QED) is 0.723. The third-order valence-corrected chi connectivity index (χ3v) is 3.72. The van der Waals surface area contributed by atoms with Crippen molar-refractivity contribution in [2.24, 2.45) is 0 Å². The monoisotopic (exact) mass is 263 g/mol. The first-order valence-corrected chi connectivity index (χ1v) is 6.65. The van der Waals surface area contributed by atoms with E-state index in [-0.39, 0.29) is 5.56 Å². The molecule has 0 aromatic heterocycles. The van der Waals surface area contributed by atoms with Gasteiger partial charge in [0.05, 0.1) is 5.56 Å². The molecule has 19 heavy (non-hydrogen) atoms. The van der Waals surface area contributed by atoms with Crippen molar-refractivity contribution in [3.05, 3.63) is 23.8 Å². The maximum absolute atomic E-state index is 11.2. The number of nitrogens with two attached hydrogens (primary N) is 1. The molecule has 0 spiro atoms. The summed E-state index contributed by atoms with van der Waals surface area (Å²) in [7, 11) is 2.12. The average molecular weight is 263 g/mol. The molecule has 0 aliphatic carbocycles. The van der Waals surface area contributed by atoms with E-state index in [0.717, 1.165) is 19.5 Å². The van der Waals surface area contributed by atoms with Gasteiger partial charge < -0.3 is 21.1 Å². The number of benzene rings is 1. The summed E-state index contributed by atoms with van der Waals surface area (Å²) in [6, 6.07) is 5.42. The lowest BCUT2D eigenvalue weighted by atomic mass is 10.0. The molecule has 4 N–H and O–H groups in total. The predicted octanol–water partition coefficient (Wildman–Crippen LogP) is 1.86. The van der Waals surface area contributed by atoms with Gasteiger partial charge in [-0.3, -0.25) is 0 Å². The fraction of sp³-hybridized carbons (Fsp3) is 0.500. The van der Waals surface area contributed by atoms with Crippen molar-refractivity contribution in [3.63, 3.8) is 0 Å². The minimum Gasteiger partial charge on any atom is -0.478 e. The fourth-order valence-electron chi connectivity index (χ4n) is 2.52. The number of carbonyl (C=O) groups is 1. The molecule has 1 atom stereocenters. The summed E-state index contributed by atoms with van der Waals surface area (Å²) < 4.78 is 0. The summed E-state index contributed by atoms with van der Waals surface area (Å²) in [6.45, 7) is 1.88. The van der Waals surface area contributed by atoms with E-state index < -0.39 is 5.97 Å². The second-order valence-corrected chi connectivity index (χ2v) is 5.12. The molecule has 5 nitrogen and oxygen atoms in total. The molecule has 104 valence electrons. The van der Waals surface area contributed by atoms with Crippen LogP contribution in [0.4, 0.5) is 11.4 Å². The van der Waals surface area contributed by atoms with Crippen LogP contribution in [-0.4, -0.2) is 42.2 Å². The molecule has 5 heteroatoms. The molecule has 0 bridgehead atoms. The normalized spacial score (nSPS) is 20.2. The highest BCUT2D eigenvalue weighted by atomic mass is 16.4. The van der Waals surface area contributed by atoms with E-state index in [1.165, 1.54) is 18.9 Å². The van der Waals surface area contributed by atoms with Crippen LogP contribution in [0.5, 0.6) is 0 Å². The molecule has 0 amide bonds. The van der Waals surface area contributed by atoms with Crippen LogP contribution in [-0.2, 0) is 0 Å². The molecule has 1 unspecified atom stereocenters. The topological polar surface area (TPSA) is 78.6 Å². The zero-order chi connectivity index (χ0) is 13.8. The van der Waals surface area contributed by atoms with Crippen molar-refractivity contribution in [1.29, 1.82) is 0 Å². The van der Waals surface area contributed by atoms with Gasteiger partial charge in [-0.25, -0.2) is 4.79 Å². The van der Waals surface area contributed by atoms with Crippen molar-refractivity contribution in [3.8, 4) is 0 Å². The number of likely N-dealkylation sites (tertiary alicyclic amines) is 1. The van der Waals surface area contributed by atoms with E-state index in [1.807, 2.05) is 0 Å². The van der Waals surface area contributed by atoms with Crippen LogP contribution < -0.4 is 11.1 Å². The lowest BCUT2D eigenvalue weighted by Gasteiger charge is -2.32. The van der Waals surface area contributed by atoms with Gasteiger partial charge in [-0.05, 0) is 44.6 Å². The second-order valence-electron chi connectivity index (χ2n) is 5.12.